The Balaban J connectivity index is 1.72. The molecule has 3 rings (SSSR count). The van der Waals surface area contributed by atoms with Crippen LogP contribution < -0.4 is 10.9 Å². The predicted octanol–water partition coefficient (Wildman–Crippen LogP) is 2.09. The number of amides is 2. The SMILES string of the molecule is Cc1ccc(C(=O)NNC(=O)c2c(C)nc3sccn23)cc1. The molecule has 0 aliphatic rings. The molecule has 2 aromatic heterocycles. The summed E-state index contributed by atoms with van der Waals surface area (Å²) in [5.74, 6) is -0.763. The van der Waals surface area contributed by atoms with Gasteiger partial charge in [0.1, 0.15) is 5.69 Å². The van der Waals surface area contributed by atoms with Crippen LogP contribution in [-0.4, -0.2) is 21.2 Å². The molecule has 112 valence electrons. The van der Waals surface area contributed by atoms with Crippen molar-refractivity contribution < 1.29 is 9.59 Å². The van der Waals surface area contributed by atoms with Gasteiger partial charge in [-0.25, -0.2) is 4.98 Å². The molecule has 1 aromatic carbocycles. The number of aryl methyl sites for hydroxylation is 2. The summed E-state index contributed by atoms with van der Waals surface area (Å²) in [7, 11) is 0. The lowest BCUT2D eigenvalue weighted by atomic mass is 10.1. The molecule has 0 radical (unpaired) electrons. The van der Waals surface area contributed by atoms with Crippen LogP contribution in [0.2, 0.25) is 0 Å². The minimum Gasteiger partial charge on any atom is -0.286 e. The molecule has 2 N–H and O–H groups in total. The number of fused-ring (bicyclic) bond motifs is 1. The molecular weight excluding hydrogens is 300 g/mol. The zero-order valence-corrected chi connectivity index (χ0v) is 12.9. The highest BCUT2D eigenvalue weighted by atomic mass is 32.1. The Labute approximate surface area is 130 Å². The standard InChI is InChI=1S/C15H14N4O2S/c1-9-3-5-11(6-4-9)13(20)17-18-14(21)12-10(2)16-15-19(12)7-8-22-15/h3-8H,1-2H3,(H,17,20)(H,18,21). The summed E-state index contributed by atoms with van der Waals surface area (Å²) >= 11 is 1.45. The Kier molecular flexibility index (Phi) is 3.64. The number of carbonyl (C=O) groups is 2. The number of carbonyl (C=O) groups excluding carboxylic acids is 2. The number of rotatable bonds is 2. The van der Waals surface area contributed by atoms with Gasteiger partial charge < -0.3 is 0 Å². The molecule has 0 bridgehead atoms. The Hall–Kier alpha value is -2.67. The van der Waals surface area contributed by atoms with Gasteiger partial charge >= 0.3 is 0 Å². The van der Waals surface area contributed by atoms with Gasteiger partial charge in [0.2, 0.25) is 0 Å². The van der Waals surface area contributed by atoms with Crippen molar-refractivity contribution in [2.24, 2.45) is 0 Å². The normalized spacial score (nSPS) is 10.6. The minimum atomic E-state index is -0.399. The van der Waals surface area contributed by atoms with Crippen molar-refractivity contribution in [1.82, 2.24) is 20.2 Å². The number of hydrogen-bond donors (Lipinski definition) is 2. The third-order valence-electron chi connectivity index (χ3n) is 3.25. The van der Waals surface area contributed by atoms with Gasteiger partial charge in [0, 0.05) is 17.1 Å². The topological polar surface area (TPSA) is 75.5 Å². The number of aromatic nitrogens is 2. The maximum Gasteiger partial charge on any atom is 0.288 e. The number of hydrogen-bond acceptors (Lipinski definition) is 4. The molecule has 6 nitrogen and oxygen atoms in total. The van der Waals surface area contributed by atoms with Crippen LogP contribution in [0.3, 0.4) is 0 Å². The fourth-order valence-electron chi connectivity index (χ4n) is 2.12. The van der Waals surface area contributed by atoms with Gasteiger partial charge in [0.15, 0.2) is 4.96 Å². The number of hydrazine groups is 1. The summed E-state index contributed by atoms with van der Waals surface area (Å²) in [5, 5.41) is 1.85. The molecule has 0 aliphatic carbocycles. The molecule has 2 heterocycles. The van der Waals surface area contributed by atoms with Gasteiger partial charge in [-0.2, -0.15) is 0 Å². The van der Waals surface area contributed by atoms with E-state index in [1.54, 1.807) is 29.7 Å². The van der Waals surface area contributed by atoms with E-state index in [1.165, 1.54) is 11.3 Å². The van der Waals surface area contributed by atoms with Gasteiger partial charge in [-0.3, -0.25) is 24.8 Å². The average Bonchev–Trinajstić information content (AvgIpc) is 3.05. The molecule has 0 saturated heterocycles. The van der Waals surface area contributed by atoms with Gasteiger partial charge in [0.05, 0.1) is 5.69 Å². The fraction of sp³-hybridized carbons (Fsp3) is 0.133. The summed E-state index contributed by atoms with van der Waals surface area (Å²) in [6.45, 7) is 3.70. The number of thiazole rings is 1. The Morgan fingerprint density at radius 2 is 1.77 bits per heavy atom. The van der Waals surface area contributed by atoms with Crippen molar-refractivity contribution in [1.29, 1.82) is 0 Å². The third kappa shape index (κ3) is 2.58. The molecular formula is C15H14N4O2S. The number of nitrogens with zero attached hydrogens (tertiary/aromatic N) is 2. The summed E-state index contributed by atoms with van der Waals surface area (Å²) in [6.07, 6.45) is 1.77. The lowest BCUT2D eigenvalue weighted by Crippen LogP contribution is -2.42. The summed E-state index contributed by atoms with van der Waals surface area (Å²) < 4.78 is 1.70. The van der Waals surface area contributed by atoms with E-state index in [1.807, 2.05) is 24.4 Å². The van der Waals surface area contributed by atoms with Crippen molar-refractivity contribution in [2.75, 3.05) is 0 Å². The summed E-state index contributed by atoms with van der Waals surface area (Å²) in [5.41, 5.74) is 7.42. The Morgan fingerprint density at radius 1 is 1.09 bits per heavy atom. The number of benzene rings is 1. The molecule has 7 heteroatoms. The highest BCUT2D eigenvalue weighted by molar-refractivity contribution is 7.15. The lowest BCUT2D eigenvalue weighted by Gasteiger charge is -2.07. The Morgan fingerprint density at radius 3 is 2.50 bits per heavy atom. The van der Waals surface area contributed by atoms with Gasteiger partial charge in [-0.1, -0.05) is 17.7 Å². The molecule has 2 amide bonds. The van der Waals surface area contributed by atoms with Crippen LogP contribution in [-0.2, 0) is 0 Å². The van der Waals surface area contributed by atoms with Crippen molar-refractivity contribution in [2.45, 2.75) is 13.8 Å². The second-order valence-electron chi connectivity index (χ2n) is 4.88. The molecule has 0 saturated carbocycles. The first kappa shape index (κ1) is 14.3. The third-order valence-corrected chi connectivity index (χ3v) is 4.01. The van der Waals surface area contributed by atoms with E-state index in [9.17, 15) is 9.59 Å². The van der Waals surface area contributed by atoms with Crippen LogP contribution in [0.15, 0.2) is 35.8 Å². The van der Waals surface area contributed by atoms with E-state index in [-0.39, 0.29) is 5.91 Å². The molecule has 0 unspecified atom stereocenters. The first-order valence-corrected chi connectivity index (χ1v) is 7.54. The highest BCUT2D eigenvalue weighted by Crippen LogP contribution is 2.16. The van der Waals surface area contributed by atoms with Crippen LogP contribution in [0, 0.1) is 13.8 Å². The summed E-state index contributed by atoms with van der Waals surface area (Å²) in [6, 6.07) is 7.09. The second-order valence-corrected chi connectivity index (χ2v) is 5.75. The molecule has 0 aliphatic heterocycles. The minimum absolute atomic E-state index is 0.364. The first-order valence-electron chi connectivity index (χ1n) is 6.66. The van der Waals surface area contributed by atoms with E-state index in [0.29, 0.717) is 17.0 Å². The maximum atomic E-state index is 12.2. The maximum absolute atomic E-state index is 12.2. The van der Waals surface area contributed by atoms with Crippen LogP contribution in [0.5, 0.6) is 0 Å². The van der Waals surface area contributed by atoms with Gasteiger partial charge in [-0.05, 0) is 26.0 Å². The number of imidazole rings is 1. The van der Waals surface area contributed by atoms with Gasteiger partial charge in [-0.15, -0.1) is 11.3 Å². The first-order chi connectivity index (χ1) is 10.6. The van der Waals surface area contributed by atoms with E-state index < -0.39 is 5.91 Å². The predicted molar refractivity (Wildman–Crippen MR) is 83.9 cm³/mol. The highest BCUT2D eigenvalue weighted by Gasteiger charge is 2.17. The average molecular weight is 314 g/mol. The fourth-order valence-corrected chi connectivity index (χ4v) is 2.88. The van der Waals surface area contributed by atoms with Crippen molar-refractivity contribution >= 4 is 28.1 Å². The van der Waals surface area contributed by atoms with Crippen molar-refractivity contribution in [3.05, 3.63) is 58.4 Å². The second kappa shape index (κ2) is 5.61. The quantitative estimate of drug-likeness (QED) is 0.711. The van der Waals surface area contributed by atoms with E-state index in [2.05, 4.69) is 15.8 Å². The zero-order valence-electron chi connectivity index (χ0n) is 12.1. The van der Waals surface area contributed by atoms with Crippen LogP contribution in [0.4, 0.5) is 0 Å². The molecule has 22 heavy (non-hydrogen) atoms. The lowest BCUT2D eigenvalue weighted by molar-refractivity contribution is 0.0843. The van der Waals surface area contributed by atoms with E-state index >= 15 is 0 Å². The van der Waals surface area contributed by atoms with Crippen LogP contribution in [0.1, 0.15) is 32.1 Å². The van der Waals surface area contributed by atoms with E-state index in [4.69, 9.17) is 0 Å². The molecule has 0 atom stereocenters. The summed E-state index contributed by atoms with van der Waals surface area (Å²) in [4.78, 5) is 29.3. The van der Waals surface area contributed by atoms with Crippen molar-refractivity contribution in [3.8, 4) is 0 Å². The number of nitrogens with one attached hydrogen (secondary N) is 2. The molecule has 0 fully saturated rings. The largest absolute Gasteiger partial charge is 0.288 e. The smallest absolute Gasteiger partial charge is 0.286 e. The Bertz CT molecular complexity index is 848. The monoisotopic (exact) mass is 314 g/mol. The van der Waals surface area contributed by atoms with Crippen molar-refractivity contribution in [3.63, 3.8) is 0 Å². The van der Waals surface area contributed by atoms with E-state index in [0.717, 1.165) is 10.5 Å². The zero-order chi connectivity index (χ0) is 15.7. The van der Waals surface area contributed by atoms with Gasteiger partial charge in [0.25, 0.3) is 11.8 Å². The molecule has 0 spiro atoms. The van der Waals surface area contributed by atoms with Crippen LogP contribution >= 0.6 is 11.3 Å². The van der Waals surface area contributed by atoms with Crippen LogP contribution in [0.25, 0.3) is 4.96 Å². The molecule has 3 aromatic rings.